The molecule has 5 nitrogen and oxygen atoms in total. The highest BCUT2D eigenvalue weighted by Crippen LogP contribution is 2.39. The maximum Gasteiger partial charge on any atom is 0.433 e. The predicted molar refractivity (Wildman–Crippen MR) is 112 cm³/mol. The summed E-state index contributed by atoms with van der Waals surface area (Å²) in [7, 11) is 1.55. The summed E-state index contributed by atoms with van der Waals surface area (Å²) in [6, 6.07) is 8.80. The van der Waals surface area contributed by atoms with Crippen LogP contribution < -0.4 is 10.9 Å². The van der Waals surface area contributed by atoms with Gasteiger partial charge < -0.3 is 9.88 Å². The van der Waals surface area contributed by atoms with Gasteiger partial charge >= 0.3 is 6.18 Å². The van der Waals surface area contributed by atoms with Crippen LogP contribution >= 0.6 is 11.6 Å². The Kier molecular flexibility index (Phi) is 5.32. The lowest BCUT2D eigenvalue weighted by Crippen LogP contribution is -2.48. The molecule has 2 atom stereocenters. The van der Waals surface area contributed by atoms with Crippen LogP contribution in [0.5, 0.6) is 0 Å². The van der Waals surface area contributed by atoms with Gasteiger partial charge in [0.1, 0.15) is 27.9 Å². The van der Waals surface area contributed by atoms with Crippen LogP contribution in [0, 0.1) is 5.82 Å². The molecule has 0 radical (unpaired) electrons. The number of hydrogen-bond acceptors (Lipinski definition) is 4. The van der Waals surface area contributed by atoms with Gasteiger partial charge in [0.2, 0.25) is 0 Å². The highest BCUT2D eigenvalue weighted by atomic mass is 35.5. The van der Waals surface area contributed by atoms with Crippen LogP contribution in [-0.2, 0) is 18.8 Å². The molecule has 1 aromatic carbocycles. The summed E-state index contributed by atoms with van der Waals surface area (Å²) in [5.41, 5.74) is -0.998. The molecule has 2 aromatic heterocycles. The van der Waals surface area contributed by atoms with Crippen molar-refractivity contribution >= 4 is 17.4 Å². The molecule has 1 N–H and O–H groups in total. The van der Waals surface area contributed by atoms with E-state index in [0.29, 0.717) is 22.5 Å². The highest BCUT2D eigenvalue weighted by molar-refractivity contribution is 6.30. The van der Waals surface area contributed by atoms with Crippen LogP contribution in [0.4, 0.5) is 17.6 Å². The zero-order valence-corrected chi connectivity index (χ0v) is 17.7. The Morgan fingerprint density at radius 2 is 1.78 bits per heavy atom. The molecule has 166 valence electrons. The van der Waals surface area contributed by atoms with E-state index in [1.807, 2.05) is 0 Å². The first kappa shape index (κ1) is 22.0. The number of halogens is 5. The summed E-state index contributed by atoms with van der Waals surface area (Å²) < 4.78 is 54.1. The lowest BCUT2D eigenvalue weighted by atomic mass is 9.79. The quantitative estimate of drug-likeness (QED) is 0.589. The lowest BCUT2D eigenvalue weighted by Gasteiger charge is -2.35. The van der Waals surface area contributed by atoms with Crippen molar-refractivity contribution in [2.24, 2.45) is 12.0 Å². The van der Waals surface area contributed by atoms with E-state index in [-0.39, 0.29) is 10.6 Å². The Morgan fingerprint density at radius 3 is 2.34 bits per heavy atom. The fourth-order valence-corrected chi connectivity index (χ4v) is 4.11. The second kappa shape index (κ2) is 7.74. The summed E-state index contributed by atoms with van der Waals surface area (Å²) in [6.07, 6.45) is -1.89. The summed E-state index contributed by atoms with van der Waals surface area (Å²) in [6.45, 7) is 1.78. The van der Waals surface area contributed by atoms with Crippen LogP contribution in [-0.4, -0.2) is 21.4 Å². The first-order chi connectivity index (χ1) is 15.0. The molecule has 0 spiro atoms. The molecule has 0 bridgehead atoms. The molecule has 0 amide bonds. The van der Waals surface area contributed by atoms with E-state index in [2.05, 4.69) is 15.3 Å². The number of amidine groups is 1. The van der Waals surface area contributed by atoms with Crippen molar-refractivity contribution in [3.63, 3.8) is 0 Å². The van der Waals surface area contributed by atoms with Crippen molar-refractivity contribution < 1.29 is 17.6 Å². The van der Waals surface area contributed by atoms with Gasteiger partial charge in [-0.05, 0) is 36.8 Å². The van der Waals surface area contributed by atoms with Crippen LogP contribution in [0.15, 0.2) is 64.6 Å². The van der Waals surface area contributed by atoms with Gasteiger partial charge in [0.25, 0.3) is 5.56 Å². The van der Waals surface area contributed by atoms with Crippen molar-refractivity contribution in [2.45, 2.75) is 24.7 Å². The molecule has 0 fully saturated rings. The predicted octanol–water partition coefficient (Wildman–Crippen LogP) is 4.27. The summed E-state index contributed by atoms with van der Waals surface area (Å²) in [4.78, 5) is 20.2. The van der Waals surface area contributed by atoms with Gasteiger partial charge in [0, 0.05) is 30.6 Å². The molecular weight excluding hydrogens is 448 g/mol. The van der Waals surface area contributed by atoms with Crippen LogP contribution in [0.3, 0.4) is 0 Å². The van der Waals surface area contributed by atoms with Gasteiger partial charge in [-0.3, -0.25) is 14.8 Å². The minimum Gasteiger partial charge on any atom is -0.354 e. The fraction of sp³-hybridized carbons (Fsp3) is 0.227. The number of aryl methyl sites for hydroxylation is 1. The lowest BCUT2D eigenvalue weighted by molar-refractivity contribution is -0.141. The number of alkyl halides is 3. The number of aromatic nitrogens is 2. The molecule has 3 aromatic rings. The van der Waals surface area contributed by atoms with E-state index in [1.165, 1.54) is 28.8 Å². The number of pyridine rings is 2. The van der Waals surface area contributed by atoms with Crippen molar-refractivity contribution in [1.29, 1.82) is 0 Å². The van der Waals surface area contributed by atoms with Gasteiger partial charge in [0.05, 0.1) is 6.04 Å². The van der Waals surface area contributed by atoms with Gasteiger partial charge in [0.15, 0.2) is 0 Å². The van der Waals surface area contributed by atoms with Crippen LogP contribution in [0.25, 0.3) is 0 Å². The first-order valence-corrected chi connectivity index (χ1v) is 9.92. The number of rotatable bonds is 3. The van der Waals surface area contributed by atoms with Gasteiger partial charge in [-0.2, -0.15) is 13.2 Å². The molecule has 3 heterocycles. The zero-order valence-electron chi connectivity index (χ0n) is 16.9. The van der Waals surface area contributed by atoms with Crippen LogP contribution in [0.2, 0.25) is 5.02 Å². The van der Waals surface area contributed by atoms with E-state index in [4.69, 9.17) is 11.6 Å². The Hall–Kier alpha value is -3.20. The Labute approximate surface area is 185 Å². The standard InChI is InChI=1S/C22H17ClF4N4O/c1-12-21(14-3-6-16(24)7-4-14,15-5-8-18(28-10-15)22(25,26)27)30-19(29-12)13-9-17(23)20(32)31(2)11-13/h3-12H,1-2H3,(H,29,30)/t12-,21-/m0/s1. The molecule has 0 aliphatic carbocycles. The monoisotopic (exact) mass is 464 g/mol. The number of benzene rings is 1. The van der Waals surface area contributed by atoms with E-state index < -0.39 is 29.3 Å². The summed E-state index contributed by atoms with van der Waals surface area (Å²) in [5, 5.41) is 3.28. The van der Waals surface area contributed by atoms with E-state index >= 15 is 0 Å². The normalized spacial score (nSPS) is 20.7. The third kappa shape index (κ3) is 3.66. The Balaban J connectivity index is 1.85. The van der Waals surface area contributed by atoms with E-state index in [9.17, 15) is 22.4 Å². The van der Waals surface area contributed by atoms with Crippen molar-refractivity contribution in [2.75, 3.05) is 0 Å². The summed E-state index contributed by atoms with van der Waals surface area (Å²) >= 11 is 6.04. The van der Waals surface area contributed by atoms with E-state index in [0.717, 1.165) is 12.3 Å². The minimum absolute atomic E-state index is 0.00219. The second-order valence-corrected chi connectivity index (χ2v) is 7.92. The zero-order chi connectivity index (χ0) is 23.3. The summed E-state index contributed by atoms with van der Waals surface area (Å²) in [5.74, 6) is -0.0645. The average molecular weight is 465 g/mol. The van der Waals surface area contributed by atoms with Crippen LogP contribution in [0.1, 0.15) is 29.3 Å². The third-order valence-electron chi connectivity index (χ3n) is 5.49. The van der Waals surface area contributed by atoms with Crippen molar-refractivity contribution in [3.8, 4) is 0 Å². The molecular formula is C22H17ClF4N4O. The average Bonchev–Trinajstić information content (AvgIpc) is 3.10. The SMILES string of the molecule is C[C@@H]1N=C(c2cc(Cl)c(=O)n(C)c2)N[C@@]1(c1ccc(F)cc1)c1ccc(C(F)(F)F)nc1. The van der Waals surface area contributed by atoms with Crippen molar-refractivity contribution in [1.82, 2.24) is 14.9 Å². The molecule has 32 heavy (non-hydrogen) atoms. The van der Waals surface area contributed by atoms with Gasteiger partial charge in [-0.1, -0.05) is 29.8 Å². The molecule has 0 saturated heterocycles. The Morgan fingerprint density at radius 1 is 1.12 bits per heavy atom. The second-order valence-electron chi connectivity index (χ2n) is 7.52. The van der Waals surface area contributed by atoms with E-state index in [1.54, 1.807) is 32.3 Å². The third-order valence-corrected chi connectivity index (χ3v) is 5.76. The largest absolute Gasteiger partial charge is 0.433 e. The molecule has 4 rings (SSSR count). The molecule has 1 aliphatic heterocycles. The topological polar surface area (TPSA) is 59.3 Å². The number of nitrogens with zero attached hydrogens (tertiary/aromatic N) is 3. The minimum atomic E-state index is -4.58. The smallest absolute Gasteiger partial charge is 0.354 e. The number of aliphatic imine (C=N–C) groups is 1. The van der Waals surface area contributed by atoms with Gasteiger partial charge in [-0.25, -0.2) is 4.39 Å². The maximum atomic E-state index is 13.6. The number of hydrogen-bond donors (Lipinski definition) is 1. The molecule has 0 unspecified atom stereocenters. The van der Waals surface area contributed by atoms with Gasteiger partial charge in [-0.15, -0.1) is 0 Å². The van der Waals surface area contributed by atoms with Crippen molar-refractivity contribution in [3.05, 3.63) is 98.4 Å². The highest BCUT2D eigenvalue weighted by Gasteiger charge is 2.46. The molecule has 0 saturated carbocycles. The first-order valence-electron chi connectivity index (χ1n) is 9.54. The number of nitrogens with one attached hydrogen (secondary N) is 1. The molecule has 10 heteroatoms. The fourth-order valence-electron chi connectivity index (χ4n) is 3.86. The molecule has 1 aliphatic rings. The Bertz CT molecular complexity index is 1230. The maximum absolute atomic E-state index is 13.6.